The van der Waals surface area contributed by atoms with Gasteiger partial charge >= 0.3 is 5.97 Å². The molecule has 0 unspecified atom stereocenters. The Balaban J connectivity index is 1.52. The van der Waals surface area contributed by atoms with Crippen LogP contribution in [0.2, 0.25) is 0 Å². The summed E-state index contributed by atoms with van der Waals surface area (Å²) < 4.78 is 10.3. The average Bonchev–Trinajstić information content (AvgIpc) is 3.43. The van der Waals surface area contributed by atoms with Crippen molar-refractivity contribution >= 4 is 35.4 Å². The molecule has 0 saturated heterocycles. The summed E-state index contributed by atoms with van der Waals surface area (Å²) in [4.78, 5) is 37.0. The SMILES string of the molecule is Cc1cc(NC(=O)[C@@H](C)SCC(=O)O[C@H](C(=O)NC2CC2)c2ccccc2)no1. The molecule has 0 bridgehead atoms. The fourth-order valence-corrected chi connectivity index (χ4v) is 3.16. The molecule has 0 radical (unpaired) electrons. The molecule has 1 aliphatic carbocycles. The molecule has 8 nitrogen and oxygen atoms in total. The van der Waals surface area contributed by atoms with Gasteiger partial charge in [0.2, 0.25) is 12.0 Å². The third kappa shape index (κ3) is 6.35. The minimum absolute atomic E-state index is 0.0630. The first kappa shape index (κ1) is 20.9. The number of nitrogens with one attached hydrogen (secondary N) is 2. The van der Waals surface area contributed by atoms with Crippen LogP contribution >= 0.6 is 11.8 Å². The molecule has 1 aromatic carbocycles. The van der Waals surface area contributed by atoms with E-state index < -0.39 is 17.3 Å². The largest absolute Gasteiger partial charge is 0.447 e. The fourth-order valence-electron chi connectivity index (χ4n) is 2.49. The van der Waals surface area contributed by atoms with Crippen molar-refractivity contribution in [2.24, 2.45) is 0 Å². The molecule has 9 heteroatoms. The standard InChI is InChI=1S/C20H23N3O5S/c1-12-10-16(23-28-12)22-19(25)13(2)29-11-17(24)27-18(14-6-4-3-5-7-14)20(26)21-15-8-9-15/h3-7,10,13,15,18H,8-9,11H2,1-2H3,(H,21,26)(H,22,23,25)/t13-,18+/m1/s1. The third-order valence-corrected chi connectivity index (χ3v) is 5.33. The highest BCUT2D eigenvalue weighted by atomic mass is 32.2. The Hall–Kier alpha value is -2.81. The second-order valence-corrected chi connectivity index (χ2v) is 8.16. The van der Waals surface area contributed by atoms with E-state index in [4.69, 9.17) is 9.26 Å². The van der Waals surface area contributed by atoms with Crippen molar-refractivity contribution in [1.29, 1.82) is 0 Å². The lowest BCUT2D eigenvalue weighted by Crippen LogP contribution is -2.34. The average molecular weight is 417 g/mol. The molecule has 0 spiro atoms. The quantitative estimate of drug-likeness (QED) is 0.603. The molecule has 2 aromatic rings. The number of nitrogens with zero attached hydrogens (tertiary/aromatic N) is 1. The molecule has 1 saturated carbocycles. The molecule has 154 valence electrons. The van der Waals surface area contributed by atoms with Gasteiger partial charge in [0.15, 0.2) is 5.82 Å². The topological polar surface area (TPSA) is 111 Å². The lowest BCUT2D eigenvalue weighted by Gasteiger charge is -2.18. The van der Waals surface area contributed by atoms with Gasteiger partial charge < -0.3 is 19.9 Å². The van der Waals surface area contributed by atoms with Crippen molar-refractivity contribution < 1.29 is 23.6 Å². The van der Waals surface area contributed by atoms with Gasteiger partial charge in [0.05, 0.1) is 11.0 Å². The van der Waals surface area contributed by atoms with Crippen LogP contribution in [0, 0.1) is 6.92 Å². The van der Waals surface area contributed by atoms with Crippen LogP contribution in [0.3, 0.4) is 0 Å². The zero-order valence-electron chi connectivity index (χ0n) is 16.2. The van der Waals surface area contributed by atoms with Crippen molar-refractivity contribution in [1.82, 2.24) is 10.5 Å². The van der Waals surface area contributed by atoms with Crippen LogP contribution in [0.15, 0.2) is 40.9 Å². The van der Waals surface area contributed by atoms with Crippen LogP contribution in [0.5, 0.6) is 0 Å². The number of anilines is 1. The molecule has 2 atom stereocenters. The van der Waals surface area contributed by atoms with E-state index in [0.717, 1.165) is 24.6 Å². The molecule has 2 N–H and O–H groups in total. The summed E-state index contributed by atoms with van der Waals surface area (Å²) in [6, 6.07) is 10.6. The van der Waals surface area contributed by atoms with Gasteiger partial charge in [-0.25, -0.2) is 0 Å². The summed E-state index contributed by atoms with van der Waals surface area (Å²) >= 11 is 1.12. The smallest absolute Gasteiger partial charge is 0.317 e. The first-order valence-electron chi connectivity index (χ1n) is 9.33. The Labute approximate surface area is 172 Å². The number of carbonyl (C=O) groups excluding carboxylic acids is 3. The Kier molecular flexibility index (Phi) is 6.92. The number of amides is 2. The van der Waals surface area contributed by atoms with Crippen molar-refractivity contribution in [3.05, 3.63) is 47.7 Å². The number of carbonyl (C=O) groups is 3. The molecule has 1 aromatic heterocycles. The van der Waals surface area contributed by atoms with Gasteiger partial charge in [-0.15, -0.1) is 11.8 Å². The van der Waals surface area contributed by atoms with Gasteiger partial charge in [-0.1, -0.05) is 35.5 Å². The summed E-state index contributed by atoms with van der Waals surface area (Å²) in [5.74, 6) is -0.353. The van der Waals surface area contributed by atoms with E-state index in [9.17, 15) is 14.4 Å². The summed E-state index contributed by atoms with van der Waals surface area (Å²) in [5, 5.41) is 8.67. The van der Waals surface area contributed by atoms with Crippen LogP contribution in [0.1, 0.15) is 37.2 Å². The lowest BCUT2D eigenvalue weighted by atomic mass is 10.1. The van der Waals surface area contributed by atoms with E-state index in [1.807, 2.05) is 6.07 Å². The Morgan fingerprint density at radius 2 is 1.97 bits per heavy atom. The predicted molar refractivity (Wildman–Crippen MR) is 108 cm³/mol. The number of hydrogen-bond donors (Lipinski definition) is 2. The molecule has 0 aliphatic heterocycles. The number of ether oxygens (including phenoxy) is 1. The van der Waals surface area contributed by atoms with Gasteiger partial charge in [0.25, 0.3) is 5.91 Å². The van der Waals surface area contributed by atoms with Crippen LogP contribution in [-0.4, -0.2) is 40.0 Å². The number of hydrogen-bond acceptors (Lipinski definition) is 7. The van der Waals surface area contributed by atoms with Crippen LogP contribution in [0.4, 0.5) is 5.82 Å². The Morgan fingerprint density at radius 3 is 2.59 bits per heavy atom. The normalized spacial score (nSPS) is 15.2. The number of benzene rings is 1. The van der Waals surface area contributed by atoms with E-state index in [1.54, 1.807) is 44.2 Å². The number of thioether (sulfide) groups is 1. The monoisotopic (exact) mass is 417 g/mol. The summed E-state index contributed by atoms with van der Waals surface area (Å²) in [6.07, 6.45) is 0.871. The molecule has 1 fully saturated rings. The van der Waals surface area contributed by atoms with E-state index in [1.165, 1.54) is 0 Å². The summed E-state index contributed by atoms with van der Waals surface area (Å²) in [6.45, 7) is 3.40. The Morgan fingerprint density at radius 1 is 1.24 bits per heavy atom. The minimum Gasteiger partial charge on any atom is -0.447 e. The van der Waals surface area contributed by atoms with Crippen molar-refractivity contribution in [3.8, 4) is 0 Å². The zero-order chi connectivity index (χ0) is 20.8. The number of aromatic nitrogens is 1. The molecular weight excluding hydrogens is 394 g/mol. The first-order valence-corrected chi connectivity index (χ1v) is 10.4. The van der Waals surface area contributed by atoms with E-state index in [2.05, 4.69) is 15.8 Å². The van der Waals surface area contributed by atoms with Crippen LogP contribution in [-0.2, 0) is 19.1 Å². The highest BCUT2D eigenvalue weighted by Crippen LogP contribution is 2.24. The van der Waals surface area contributed by atoms with Crippen LogP contribution in [0.25, 0.3) is 0 Å². The number of aryl methyl sites for hydroxylation is 1. The lowest BCUT2D eigenvalue weighted by molar-refractivity contribution is -0.154. The molecule has 3 rings (SSSR count). The second kappa shape index (κ2) is 9.60. The fraction of sp³-hybridized carbons (Fsp3) is 0.400. The summed E-state index contributed by atoms with van der Waals surface area (Å²) in [5.41, 5.74) is 0.608. The highest BCUT2D eigenvalue weighted by Gasteiger charge is 2.31. The van der Waals surface area contributed by atoms with E-state index >= 15 is 0 Å². The van der Waals surface area contributed by atoms with E-state index in [0.29, 0.717) is 17.1 Å². The molecular formula is C20H23N3O5S. The maximum Gasteiger partial charge on any atom is 0.317 e. The van der Waals surface area contributed by atoms with Gasteiger partial charge in [-0.05, 0) is 26.7 Å². The predicted octanol–water partition coefficient (Wildman–Crippen LogP) is 2.61. The van der Waals surface area contributed by atoms with Crippen molar-refractivity contribution in [3.63, 3.8) is 0 Å². The zero-order valence-corrected chi connectivity index (χ0v) is 17.0. The molecule has 1 aliphatic rings. The first-order chi connectivity index (χ1) is 13.9. The third-order valence-electron chi connectivity index (χ3n) is 4.21. The second-order valence-electron chi connectivity index (χ2n) is 6.83. The number of esters is 1. The maximum atomic E-state index is 12.5. The van der Waals surface area contributed by atoms with Gasteiger partial charge in [0, 0.05) is 17.7 Å². The van der Waals surface area contributed by atoms with Gasteiger partial charge in [-0.2, -0.15) is 0 Å². The van der Waals surface area contributed by atoms with Gasteiger partial charge in [-0.3, -0.25) is 14.4 Å². The van der Waals surface area contributed by atoms with Gasteiger partial charge in [0.1, 0.15) is 5.76 Å². The number of rotatable bonds is 9. The van der Waals surface area contributed by atoms with E-state index in [-0.39, 0.29) is 23.6 Å². The summed E-state index contributed by atoms with van der Waals surface area (Å²) in [7, 11) is 0. The Bertz CT molecular complexity index is 866. The highest BCUT2D eigenvalue weighted by molar-refractivity contribution is 8.01. The molecule has 1 heterocycles. The molecule has 2 amide bonds. The maximum absolute atomic E-state index is 12.5. The minimum atomic E-state index is -1.01. The van der Waals surface area contributed by atoms with Crippen molar-refractivity contribution in [2.45, 2.75) is 44.1 Å². The van der Waals surface area contributed by atoms with Crippen LogP contribution < -0.4 is 10.6 Å². The van der Waals surface area contributed by atoms with Crippen molar-refractivity contribution in [2.75, 3.05) is 11.1 Å². The molecule has 29 heavy (non-hydrogen) atoms.